The van der Waals surface area contributed by atoms with Gasteiger partial charge >= 0.3 is 0 Å². The molecule has 1 aromatic rings. The second kappa shape index (κ2) is 13.1. The van der Waals surface area contributed by atoms with Crippen LogP contribution in [0.3, 0.4) is 0 Å². The van der Waals surface area contributed by atoms with E-state index in [1.54, 1.807) is 18.2 Å². The molecular weight excluding hydrogens is 427 g/mol. The van der Waals surface area contributed by atoms with E-state index in [4.69, 9.17) is 0 Å². The molecule has 0 aliphatic rings. The van der Waals surface area contributed by atoms with Gasteiger partial charge in [0.2, 0.25) is 0 Å². The molecule has 0 radical (unpaired) electrons. The molecule has 0 bridgehead atoms. The van der Waals surface area contributed by atoms with Gasteiger partial charge < -0.3 is 10.6 Å². The topological polar surface area (TPSA) is 58.2 Å². The van der Waals surface area contributed by atoms with Crippen molar-refractivity contribution in [3.05, 3.63) is 32.9 Å². The SMILES string of the molecule is CCCCCCNC(=O)c1cccc(C(=O)NCCCCCC)c1I. The summed E-state index contributed by atoms with van der Waals surface area (Å²) in [5.41, 5.74) is 1.16. The van der Waals surface area contributed by atoms with Gasteiger partial charge in [0.05, 0.1) is 11.1 Å². The molecular formula is C20H31IN2O2. The highest BCUT2D eigenvalue weighted by molar-refractivity contribution is 14.1. The highest BCUT2D eigenvalue weighted by Crippen LogP contribution is 2.18. The third-order valence-corrected chi connectivity index (χ3v) is 5.28. The van der Waals surface area contributed by atoms with Crippen LogP contribution < -0.4 is 10.6 Å². The first kappa shape index (κ1) is 21.9. The highest BCUT2D eigenvalue weighted by Gasteiger charge is 2.16. The van der Waals surface area contributed by atoms with E-state index in [2.05, 4.69) is 47.1 Å². The molecule has 0 atom stereocenters. The third kappa shape index (κ3) is 8.21. The van der Waals surface area contributed by atoms with Gasteiger partial charge in [-0.2, -0.15) is 0 Å². The quantitative estimate of drug-likeness (QED) is 0.346. The van der Waals surface area contributed by atoms with Crippen molar-refractivity contribution < 1.29 is 9.59 Å². The molecule has 0 aliphatic carbocycles. The average molecular weight is 458 g/mol. The maximum absolute atomic E-state index is 12.4. The molecule has 0 aliphatic heterocycles. The van der Waals surface area contributed by atoms with Gasteiger partial charge in [-0.15, -0.1) is 0 Å². The largest absolute Gasteiger partial charge is 0.352 e. The summed E-state index contributed by atoms with van der Waals surface area (Å²) >= 11 is 2.10. The van der Waals surface area contributed by atoms with Crippen molar-refractivity contribution >= 4 is 34.4 Å². The van der Waals surface area contributed by atoms with Gasteiger partial charge in [0.15, 0.2) is 0 Å². The predicted molar refractivity (Wildman–Crippen MR) is 112 cm³/mol. The Balaban J connectivity index is 2.56. The molecule has 25 heavy (non-hydrogen) atoms. The lowest BCUT2D eigenvalue weighted by Gasteiger charge is -2.11. The number of carbonyl (C=O) groups excluding carboxylic acids is 2. The van der Waals surface area contributed by atoms with Crippen molar-refractivity contribution in [2.24, 2.45) is 0 Å². The van der Waals surface area contributed by atoms with E-state index in [1.807, 2.05) is 0 Å². The van der Waals surface area contributed by atoms with Crippen LogP contribution in [0.5, 0.6) is 0 Å². The maximum atomic E-state index is 12.4. The predicted octanol–water partition coefficient (Wildman–Crippen LogP) is 4.91. The number of hydrogen-bond donors (Lipinski definition) is 2. The van der Waals surface area contributed by atoms with E-state index >= 15 is 0 Å². The molecule has 0 spiro atoms. The van der Waals surface area contributed by atoms with E-state index in [-0.39, 0.29) is 11.8 Å². The lowest BCUT2D eigenvalue weighted by molar-refractivity contribution is 0.0952. The summed E-state index contributed by atoms with van der Waals surface area (Å²) in [7, 11) is 0. The van der Waals surface area contributed by atoms with Crippen molar-refractivity contribution in [1.29, 1.82) is 0 Å². The standard InChI is InChI=1S/C20H31IN2O2/c1-3-5-7-9-14-22-19(24)16-12-11-13-17(18(16)21)20(25)23-15-10-8-6-4-2/h11-13H,3-10,14-15H2,1-2H3,(H,22,24)(H,23,25). The van der Waals surface area contributed by atoms with Crippen LogP contribution in [0.25, 0.3) is 0 Å². The number of hydrogen-bond acceptors (Lipinski definition) is 2. The molecule has 0 saturated heterocycles. The van der Waals surface area contributed by atoms with Crippen molar-refractivity contribution in [3.8, 4) is 0 Å². The zero-order valence-corrected chi connectivity index (χ0v) is 17.7. The Morgan fingerprint density at radius 3 is 1.64 bits per heavy atom. The van der Waals surface area contributed by atoms with Crippen LogP contribution in [0.1, 0.15) is 85.9 Å². The number of unbranched alkanes of at least 4 members (excludes halogenated alkanes) is 6. The summed E-state index contributed by atoms with van der Waals surface area (Å²) in [6, 6.07) is 5.34. The summed E-state index contributed by atoms with van der Waals surface area (Å²) < 4.78 is 0.720. The Kier molecular flexibility index (Phi) is 11.5. The Labute approximate surface area is 165 Å². The smallest absolute Gasteiger partial charge is 0.252 e. The van der Waals surface area contributed by atoms with Crippen LogP contribution in [-0.4, -0.2) is 24.9 Å². The molecule has 0 unspecified atom stereocenters. The van der Waals surface area contributed by atoms with Gasteiger partial charge in [-0.25, -0.2) is 0 Å². The van der Waals surface area contributed by atoms with E-state index in [1.165, 1.54) is 25.7 Å². The number of rotatable bonds is 12. The van der Waals surface area contributed by atoms with Gasteiger partial charge in [-0.05, 0) is 47.6 Å². The third-order valence-electron chi connectivity index (χ3n) is 4.12. The van der Waals surface area contributed by atoms with Crippen molar-refractivity contribution in [2.45, 2.75) is 65.2 Å². The van der Waals surface area contributed by atoms with Crippen LogP contribution in [0, 0.1) is 3.57 Å². The Morgan fingerprint density at radius 1 is 0.800 bits per heavy atom. The summed E-state index contributed by atoms with van der Waals surface area (Å²) in [5, 5.41) is 5.91. The highest BCUT2D eigenvalue weighted by atomic mass is 127. The van der Waals surface area contributed by atoms with Crippen molar-refractivity contribution in [1.82, 2.24) is 10.6 Å². The first-order chi connectivity index (χ1) is 12.1. The summed E-state index contributed by atoms with van der Waals surface area (Å²) in [5.74, 6) is -0.197. The number of carbonyl (C=O) groups is 2. The van der Waals surface area contributed by atoms with Crippen LogP contribution >= 0.6 is 22.6 Å². The van der Waals surface area contributed by atoms with Crippen LogP contribution in [-0.2, 0) is 0 Å². The number of halogens is 1. The minimum absolute atomic E-state index is 0.0986. The van der Waals surface area contributed by atoms with E-state index in [0.717, 1.165) is 29.3 Å². The number of nitrogens with one attached hydrogen (secondary N) is 2. The molecule has 0 saturated carbocycles. The Hall–Kier alpha value is -1.11. The Bertz CT molecular complexity index is 502. The van der Waals surface area contributed by atoms with E-state index < -0.39 is 0 Å². The normalized spacial score (nSPS) is 10.5. The number of benzene rings is 1. The van der Waals surface area contributed by atoms with Gasteiger partial charge in [0.25, 0.3) is 11.8 Å². The molecule has 1 rings (SSSR count). The lowest BCUT2D eigenvalue weighted by atomic mass is 10.1. The van der Waals surface area contributed by atoms with Gasteiger partial charge in [-0.3, -0.25) is 9.59 Å². The fourth-order valence-corrected chi connectivity index (χ4v) is 3.43. The molecule has 0 heterocycles. The van der Waals surface area contributed by atoms with Crippen LogP contribution in [0.15, 0.2) is 18.2 Å². The molecule has 0 fully saturated rings. The number of amides is 2. The van der Waals surface area contributed by atoms with E-state index in [0.29, 0.717) is 24.2 Å². The molecule has 1 aromatic carbocycles. The first-order valence-electron chi connectivity index (χ1n) is 9.46. The lowest BCUT2D eigenvalue weighted by Crippen LogP contribution is -2.28. The second-order valence-corrected chi connectivity index (χ2v) is 7.38. The summed E-state index contributed by atoms with van der Waals surface area (Å²) in [6.45, 7) is 5.70. The van der Waals surface area contributed by atoms with Crippen molar-refractivity contribution in [2.75, 3.05) is 13.1 Å². The molecule has 0 aromatic heterocycles. The first-order valence-corrected chi connectivity index (χ1v) is 10.5. The molecule has 5 heteroatoms. The zero-order chi connectivity index (χ0) is 18.5. The monoisotopic (exact) mass is 458 g/mol. The molecule has 2 N–H and O–H groups in total. The average Bonchev–Trinajstić information content (AvgIpc) is 2.61. The maximum Gasteiger partial charge on any atom is 0.252 e. The minimum atomic E-state index is -0.0986. The van der Waals surface area contributed by atoms with Gasteiger partial charge in [-0.1, -0.05) is 58.4 Å². The van der Waals surface area contributed by atoms with E-state index in [9.17, 15) is 9.59 Å². The zero-order valence-electron chi connectivity index (χ0n) is 15.5. The van der Waals surface area contributed by atoms with Crippen LogP contribution in [0.2, 0.25) is 0 Å². The van der Waals surface area contributed by atoms with Gasteiger partial charge in [0, 0.05) is 16.7 Å². The summed E-state index contributed by atoms with van der Waals surface area (Å²) in [4.78, 5) is 24.7. The Morgan fingerprint density at radius 2 is 1.24 bits per heavy atom. The second-order valence-electron chi connectivity index (χ2n) is 6.30. The van der Waals surface area contributed by atoms with Crippen LogP contribution in [0.4, 0.5) is 0 Å². The fraction of sp³-hybridized carbons (Fsp3) is 0.600. The molecule has 2 amide bonds. The summed E-state index contributed by atoms with van der Waals surface area (Å²) in [6.07, 6.45) is 9.01. The van der Waals surface area contributed by atoms with Crippen molar-refractivity contribution in [3.63, 3.8) is 0 Å². The minimum Gasteiger partial charge on any atom is -0.352 e. The molecule has 4 nitrogen and oxygen atoms in total. The molecule has 140 valence electrons. The van der Waals surface area contributed by atoms with Gasteiger partial charge in [0.1, 0.15) is 0 Å². The fourth-order valence-electron chi connectivity index (χ4n) is 2.58.